The molecule has 7 nitrogen and oxygen atoms in total. The summed E-state index contributed by atoms with van der Waals surface area (Å²) in [5, 5.41) is 2.63. The number of hydrogen-bond donors (Lipinski definition) is 1. The lowest BCUT2D eigenvalue weighted by atomic mass is 9.98. The number of sulfone groups is 2. The van der Waals surface area contributed by atoms with Gasteiger partial charge in [-0.15, -0.1) is 0 Å². The molecule has 1 atom stereocenters. The minimum atomic E-state index is -4.47. The summed E-state index contributed by atoms with van der Waals surface area (Å²) in [6.45, 7) is 3.10. The minimum Gasteiger partial charge on any atom is -0.334 e. The van der Waals surface area contributed by atoms with Gasteiger partial charge in [-0.3, -0.25) is 4.90 Å². The summed E-state index contributed by atoms with van der Waals surface area (Å²) >= 11 is 0. The van der Waals surface area contributed by atoms with Gasteiger partial charge in [0.15, 0.2) is 14.7 Å². The highest BCUT2D eigenvalue weighted by molar-refractivity contribution is 7.92. The van der Waals surface area contributed by atoms with Crippen molar-refractivity contribution in [3.8, 4) is 11.1 Å². The van der Waals surface area contributed by atoms with Gasteiger partial charge in [0.05, 0.1) is 11.4 Å². The number of hydrogen-bond acceptors (Lipinski definition) is 5. The maximum Gasteiger partial charge on any atom is 0.319 e. The van der Waals surface area contributed by atoms with E-state index in [0.29, 0.717) is 11.1 Å². The first kappa shape index (κ1) is 24.9. The zero-order valence-electron chi connectivity index (χ0n) is 19.4. The van der Waals surface area contributed by atoms with Crippen molar-refractivity contribution in [2.24, 2.45) is 0 Å². The van der Waals surface area contributed by atoms with Gasteiger partial charge in [0.1, 0.15) is 10.7 Å². The molecule has 3 aromatic carbocycles. The zero-order valence-corrected chi connectivity index (χ0v) is 21.0. The van der Waals surface area contributed by atoms with Crippen molar-refractivity contribution in [1.29, 1.82) is 0 Å². The summed E-state index contributed by atoms with van der Waals surface area (Å²) in [4.78, 5) is 11.8. The number of amides is 2. The molecule has 1 aliphatic heterocycles. The minimum absolute atomic E-state index is 0.121. The number of carbonyl (C=O) groups excluding carboxylic acids is 1. The maximum atomic E-state index is 14.8. The number of halogens is 1. The molecule has 1 N–H and O–H groups in total. The van der Waals surface area contributed by atoms with Gasteiger partial charge in [0, 0.05) is 12.3 Å². The van der Waals surface area contributed by atoms with Crippen LogP contribution in [0.5, 0.6) is 0 Å². The fraction of sp³-hybridized carbons (Fsp3) is 0.240. The molecule has 3 aromatic rings. The molecular formula is C25H25FN2O5S2. The zero-order chi connectivity index (χ0) is 25.6. The lowest BCUT2D eigenvalue weighted by Crippen LogP contribution is -2.53. The Hall–Kier alpha value is -3.24. The van der Waals surface area contributed by atoms with Crippen molar-refractivity contribution in [2.75, 3.05) is 12.8 Å². The molecule has 10 heteroatoms. The number of benzene rings is 3. The van der Waals surface area contributed by atoms with Crippen LogP contribution in [0, 0.1) is 5.82 Å². The third kappa shape index (κ3) is 4.10. The monoisotopic (exact) mass is 516 g/mol. The average Bonchev–Trinajstić information content (AvgIpc) is 3.18. The summed E-state index contributed by atoms with van der Waals surface area (Å²) in [7, 11) is -7.93. The molecule has 0 bridgehead atoms. The fourth-order valence-corrected chi connectivity index (χ4v) is 7.36. The Morgan fingerprint density at radius 2 is 1.54 bits per heavy atom. The van der Waals surface area contributed by atoms with Crippen molar-refractivity contribution in [2.45, 2.75) is 34.6 Å². The standard InChI is InChI=1S/C25H25FN2O5S2/c1-17(2)28-24(29)27-16-25(28,35(32,33)23-13-5-4-12-22(23)26)20-10-6-8-18(14-20)19-9-7-11-21(15-19)34(3,30)31/h4-15,17H,16H2,1-3H3,(H,27,29). The molecule has 0 radical (unpaired) electrons. The molecule has 0 aromatic heterocycles. The van der Waals surface area contributed by atoms with Gasteiger partial charge in [0.25, 0.3) is 0 Å². The third-order valence-corrected chi connectivity index (χ3v) is 9.57. The predicted molar refractivity (Wildman–Crippen MR) is 131 cm³/mol. The van der Waals surface area contributed by atoms with E-state index in [9.17, 15) is 26.0 Å². The van der Waals surface area contributed by atoms with Crippen LogP contribution >= 0.6 is 0 Å². The molecule has 0 spiro atoms. The molecule has 0 saturated carbocycles. The van der Waals surface area contributed by atoms with Gasteiger partial charge in [-0.25, -0.2) is 26.0 Å². The Kier molecular flexibility index (Phi) is 6.23. The van der Waals surface area contributed by atoms with Crippen LogP contribution in [0.25, 0.3) is 11.1 Å². The molecule has 1 aliphatic rings. The predicted octanol–water partition coefficient (Wildman–Crippen LogP) is 3.96. The van der Waals surface area contributed by atoms with Crippen LogP contribution in [0.15, 0.2) is 82.6 Å². The van der Waals surface area contributed by atoms with Crippen molar-refractivity contribution in [1.82, 2.24) is 10.2 Å². The highest BCUT2D eigenvalue weighted by Gasteiger charge is 2.58. The highest BCUT2D eigenvalue weighted by Crippen LogP contribution is 2.44. The summed E-state index contributed by atoms with van der Waals surface area (Å²) in [6, 6.07) is 16.8. The Morgan fingerprint density at radius 1 is 0.914 bits per heavy atom. The molecule has 184 valence electrons. The Bertz CT molecular complexity index is 1520. The van der Waals surface area contributed by atoms with Crippen LogP contribution in [0.3, 0.4) is 0 Å². The van der Waals surface area contributed by atoms with Crippen molar-refractivity contribution >= 4 is 25.7 Å². The van der Waals surface area contributed by atoms with Gasteiger partial charge in [-0.2, -0.15) is 0 Å². The first-order valence-electron chi connectivity index (χ1n) is 10.9. The molecule has 1 fully saturated rings. The van der Waals surface area contributed by atoms with Crippen LogP contribution in [-0.2, 0) is 24.5 Å². The molecule has 1 heterocycles. The first-order chi connectivity index (χ1) is 16.4. The average molecular weight is 517 g/mol. The Balaban J connectivity index is 1.99. The smallest absolute Gasteiger partial charge is 0.319 e. The maximum absolute atomic E-state index is 14.8. The van der Waals surface area contributed by atoms with Crippen molar-refractivity contribution in [3.05, 3.63) is 84.2 Å². The van der Waals surface area contributed by atoms with E-state index < -0.39 is 47.3 Å². The Labute approximate surface area is 204 Å². The summed E-state index contributed by atoms with van der Waals surface area (Å²) < 4.78 is 67.1. The largest absolute Gasteiger partial charge is 0.334 e. The summed E-state index contributed by atoms with van der Waals surface area (Å²) in [6.07, 6.45) is 1.11. The van der Waals surface area contributed by atoms with Crippen LogP contribution in [0.4, 0.5) is 9.18 Å². The van der Waals surface area contributed by atoms with Crippen LogP contribution < -0.4 is 5.32 Å². The van der Waals surface area contributed by atoms with Crippen LogP contribution in [-0.4, -0.2) is 46.6 Å². The molecule has 4 rings (SSSR count). The SMILES string of the molecule is CC(C)N1C(=O)NCC1(c1cccc(-c2cccc(S(C)(=O)=O)c2)c1)S(=O)(=O)c1ccccc1F. The van der Waals surface area contributed by atoms with Crippen LogP contribution in [0.1, 0.15) is 19.4 Å². The Morgan fingerprint density at radius 3 is 2.17 bits per heavy atom. The van der Waals surface area contributed by atoms with Gasteiger partial charge >= 0.3 is 6.03 Å². The van der Waals surface area contributed by atoms with E-state index in [2.05, 4.69) is 5.32 Å². The summed E-state index contributed by atoms with van der Waals surface area (Å²) in [5.74, 6) is -0.910. The van der Waals surface area contributed by atoms with E-state index in [-0.39, 0.29) is 17.0 Å². The number of rotatable bonds is 6. The number of urea groups is 1. The highest BCUT2D eigenvalue weighted by atomic mass is 32.2. The molecule has 35 heavy (non-hydrogen) atoms. The van der Waals surface area contributed by atoms with E-state index in [4.69, 9.17) is 0 Å². The molecular weight excluding hydrogens is 491 g/mol. The topological polar surface area (TPSA) is 101 Å². The van der Waals surface area contributed by atoms with Crippen molar-refractivity contribution < 1.29 is 26.0 Å². The second-order valence-corrected chi connectivity index (χ2v) is 12.9. The quantitative estimate of drug-likeness (QED) is 0.535. The molecule has 1 saturated heterocycles. The van der Waals surface area contributed by atoms with E-state index in [1.165, 1.54) is 35.2 Å². The van der Waals surface area contributed by atoms with E-state index in [0.717, 1.165) is 12.3 Å². The van der Waals surface area contributed by atoms with Gasteiger partial charge in [-0.05, 0) is 60.9 Å². The number of nitrogens with one attached hydrogen (secondary N) is 1. The second kappa shape index (κ2) is 8.76. The molecule has 0 aliphatic carbocycles. The summed E-state index contributed by atoms with van der Waals surface area (Å²) in [5.41, 5.74) is 1.37. The van der Waals surface area contributed by atoms with Crippen LogP contribution in [0.2, 0.25) is 0 Å². The van der Waals surface area contributed by atoms with Crippen molar-refractivity contribution in [3.63, 3.8) is 0 Å². The second-order valence-electron chi connectivity index (χ2n) is 8.72. The number of nitrogens with zero attached hydrogens (tertiary/aromatic N) is 1. The van der Waals surface area contributed by atoms with Gasteiger partial charge in [-0.1, -0.05) is 42.5 Å². The van der Waals surface area contributed by atoms with E-state index in [1.54, 1.807) is 50.2 Å². The number of carbonyl (C=O) groups is 1. The fourth-order valence-electron chi connectivity index (χ4n) is 4.49. The molecule has 2 amide bonds. The lowest BCUT2D eigenvalue weighted by Gasteiger charge is -2.39. The third-order valence-electron chi connectivity index (χ3n) is 6.08. The first-order valence-corrected chi connectivity index (χ1v) is 14.2. The lowest BCUT2D eigenvalue weighted by molar-refractivity contribution is 0.170. The normalized spacial score (nSPS) is 18.7. The van der Waals surface area contributed by atoms with E-state index >= 15 is 0 Å². The molecule has 1 unspecified atom stereocenters. The van der Waals surface area contributed by atoms with Gasteiger partial charge in [0.2, 0.25) is 9.84 Å². The van der Waals surface area contributed by atoms with Gasteiger partial charge < -0.3 is 5.32 Å². The van der Waals surface area contributed by atoms with E-state index in [1.807, 2.05) is 0 Å².